The van der Waals surface area contributed by atoms with Crippen LogP contribution in [0.2, 0.25) is 0 Å². The smallest absolute Gasteiger partial charge is 0.410 e. The summed E-state index contributed by atoms with van der Waals surface area (Å²) in [5.74, 6) is 1.29. The van der Waals surface area contributed by atoms with Crippen LogP contribution in [0.25, 0.3) is 0 Å². The Labute approximate surface area is 175 Å². The van der Waals surface area contributed by atoms with Gasteiger partial charge in [-0.05, 0) is 64.2 Å². The van der Waals surface area contributed by atoms with Crippen LogP contribution in [0.3, 0.4) is 0 Å². The molecule has 0 radical (unpaired) electrons. The molecule has 6 nitrogen and oxygen atoms in total. The molecule has 3 aliphatic rings. The van der Waals surface area contributed by atoms with E-state index in [4.69, 9.17) is 14.2 Å². The van der Waals surface area contributed by atoms with Crippen LogP contribution >= 0.6 is 0 Å². The van der Waals surface area contributed by atoms with Crippen molar-refractivity contribution in [2.75, 3.05) is 6.54 Å². The van der Waals surface area contributed by atoms with Gasteiger partial charge in [-0.1, -0.05) is 27.2 Å². The van der Waals surface area contributed by atoms with E-state index in [1.807, 2.05) is 20.8 Å². The van der Waals surface area contributed by atoms with Crippen molar-refractivity contribution in [2.24, 2.45) is 23.7 Å². The molecule has 29 heavy (non-hydrogen) atoms. The maximum absolute atomic E-state index is 12.7. The van der Waals surface area contributed by atoms with Gasteiger partial charge in [-0.15, -0.1) is 0 Å². The molecule has 0 aromatic carbocycles. The highest BCUT2D eigenvalue weighted by Crippen LogP contribution is 2.40. The molecule has 0 unspecified atom stereocenters. The Morgan fingerprint density at radius 2 is 1.93 bits per heavy atom. The number of cyclic esters (lactones) is 1. The van der Waals surface area contributed by atoms with Crippen molar-refractivity contribution in [3.05, 3.63) is 0 Å². The van der Waals surface area contributed by atoms with Crippen LogP contribution in [-0.4, -0.2) is 47.5 Å². The van der Waals surface area contributed by atoms with Crippen molar-refractivity contribution in [2.45, 2.75) is 104 Å². The molecule has 0 spiro atoms. The van der Waals surface area contributed by atoms with Gasteiger partial charge < -0.3 is 19.1 Å². The Kier molecular flexibility index (Phi) is 6.81. The Hall–Kier alpha value is -1.30. The lowest BCUT2D eigenvalue weighted by Crippen LogP contribution is -2.47. The average molecular weight is 410 g/mol. The Balaban J connectivity index is 1.72. The first-order valence-electron chi connectivity index (χ1n) is 11.4. The molecule has 2 saturated heterocycles. The summed E-state index contributed by atoms with van der Waals surface area (Å²) in [5, 5.41) is 0. The molecule has 1 aliphatic carbocycles. The zero-order valence-corrected chi connectivity index (χ0v) is 19.0. The second-order valence-electron chi connectivity index (χ2n) is 10.6. The summed E-state index contributed by atoms with van der Waals surface area (Å²) in [4.78, 5) is 26.7. The molecule has 0 N–H and O–H groups in total. The maximum atomic E-state index is 12.7. The van der Waals surface area contributed by atoms with E-state index in [1.54, 1.807) is 4.90 Å². The van der Waals surface area contributed by atoms with Crippen LogP contribution in [0.15, 0.2) is 0 Å². The minimum absolute atomic E-state index is 0.0696. The van der Waals surface area contributed by atoms with Crippen LogP contribution in [0.5, 0.6) is 0 Å². The SMILES string of the molecule is CC(C)[C@@H]1CC[C@@H](C)C[C@H]1O[C@@H]1OC(=O)C[C@H]1[C@H]1CCCN1C(=O)OC(C)(C)C. The highest BCUT2D eigenvalue weighted by Gasteiger charge is 2.48. The molecule has 3 fully saturated rings. The molecule has 6 heteroatoms. The second-order valence-corrected chi connectivity index (χ2v) is 10.6. The molecule has 1 amide bonds. The number of carbonyl (C=O) groups excluding carboxylic acids is 2. The minimum atomic E-state index is -0.563. The van der Waals surface area contributed by atoms with Gasteiger partial charge in [0, 0.05) is 12.6 Å². The number of rotatable bonds is 4. The van der Waals surface area contributed by atoms with E-state index in [0.29, 0.717) is 30.7 Å². The molecule has 2 aliphatic heterocycles. The summed E-state index contributed by atoms with van der Waals surface area (Å²) in [6.07, 6.45) is 4.71. The summed E-state index contributed by atoms with van der Waals surface area (Å²) >= 11 is 0. The molecule has 3 rings (SSSR count). The van der Waals surface area contributed by atoms with E-state index >= 15 is 0 Å². The van der Waals surface area contributed by atoms with E-state index < -0.39 is 11.9 Å². The Morgan fingerprint density at radius 3 is 2.59 bits per heavy atom. The number of ether oxygens (including phenoxy) is 3. The lowest BCUT2D eigenvalue weighted by Gasteiger charge is -2.40. The second kappa shape index (κ2) is 8.83. The van der Waals surface area contributed by atoms with E-state index in [2.05, 4.69) is 20.8 Å². The molecule has 0 aromatic rings. The third-order valence-electron chi connectivity index (χ3n) is 6.69. The van der Waals surface area contributed by atoms with Crippen LogP contribution in [0.1, 0.15) is 80.1 Å². The van der Waals surface area contributed by atoms with Crippen molar-refractivity contribution >= 4 is 12.1 Å². The topological polar surface area (TPSA) is 65.1 Å². The van der Waals surface area contributed by atoms with Gasteiger partial charge in [0.15, 0.2) is 0 Å². The first-order valence-corrected chi connectivity index (χ1v) is 11.4. The standard InChI is InChI=1S/C23H39NO5/c1-14(2)16-10-9-15(3)12-19(16)27-21-17(13-20(25)28-21)18-8-7-11-24(18)22(26)29-23(4,5)6/h14-19,21H,7-13H2,1-6H3/t15-,16+,17+,18-,19-,21-/m1/s1. The Morgan fingerprint density at radius 1 is 1.21 bits per heavy atom. The predicted octanol–water partition coefficient (Wildman–Crippen LogP) is 4.75. The van der Waals surface area contributed by atoms with Gasteiger partial charge >= 0.3 is 12.1 Å². The van der Waals surface area contributed by atoms with Crippen LogP contribution in [-0.2, 0) is 19.0 Å². The molecule has 2 heterocycles. The van der Waals surface area contributed by atoms with E-state index in [0.717, 1.165) is 25.7 Å². The minimum Gasteiger partial charge on any atom is -0.444 e. The first-order chi connectivity index (χ1) is 13.5. The van der Waals surface area contributed by atoms with Gasteiger partial charge in [0.2, 0.25) is 6.29 Å². The number of hydrogen-bond acceptors (Lipinski definition) is 5. The van der Waals surface area contributed by atoms with Crippen molar-refractivity contribution < 1.29 is 23.8 Å². The Bertz CT molecular complexity index is 599. The fraction of sp³-hybridized carbons (Fsp3) is 0.913. The van der Waals surface area contributed by atoms with Gasteiger partial charge in [-0.2, -0.15) is 0 Å². The third-order valence-corrected chi connectivity index (χ3v) is 6.69. The number of amides is 1. The van der Waals surface area contributed by atoms with Gasteiger partial charge in [-0.3, -0.25) is 4.79 Å². The van der Waals surface area contributed by atoms with Crippen LogP contribution in [0, 0.1) is 23.7 Å². The predicted molar refractivity (Wildman–Crippen MR) is 110 cm³/mol. The normalized spacial score (nSPS) is 35.8. The van der Waals surface area contributed by atoms with Crippen molar-refractivity contribution in [3.8, 4) is 0 Å². The molecule has 6 atom stereocenters. The van der Waals surface area contributed by atoms with Crippen LogP contribution in [0.4, 0.5) is 4.79 Å². The summed E-state index contributed by atoms with van der Waals surface area (Å²) < 4.78 is 17.7. The lowest BCUT2D eigenvalue weighted by molar-refractivity contribution is -0.199. The number of esters is 1. The zero-order chi connectivity index (χ0) is 21.3. The summed E-state index contributed by atoms with van der Waals surface area (Å²) in [6, 6.07) is -0.0696. The van der Waals surface area contributed by atoms with E-state index in [9.17, 15) is 9.59 Å². The average Bonchev–Trinajstić information content (AvgIpc) is 3.19. The molecular weight excluding hydrogens is 370 g/mol. The summed E-state index contributed by atoms with van der Waals surface area (Å²) in [5.41, 5.74) is -0.537. The fourth-order valence-electron chi connectivity index (χ4n) is 5.23. The molecule has 1 saturated carbocycles. The highest BCUT2D eigenvalue weighted by molar-refractivity contribution is 5.73. The highest BCUT2D eigenvalue weighted by atomic mass is 16.7. The quantitative estimate of drug-likeness (QED) is 0.627. The zero-order valence-electron chi connectivity index (χ0n) is 19.0. The number of likely N-dealkylation sites (tertiary alicyclic amines) is 1. The van der Waals surface area contributed by atoms with E-state index in [-0.39, 0.29) is 30.1 Å². The largest absolute Gasteiger partial charge is 0.444 e. The van der Waals surface area contributed by atoms with E-state index in [1.165, 1.54) is 6.42 Å². The maximum Gasteiger partial charge on any atom is 0.410 e. The van der Waals surface area contributed by atoms with Gasteiger partial charge in [0.05, 0.1) is 18.4 Å². The fourth-order valence-corrected chi connectivity index (χ4v) is 5.23. The van der Waals surface area contributed by atoms with Gasteiger partial charge in [0.25, 0.3) is 0 Å². The lowest BCUT2D eigenvalue weighted by atomic mass is 9.75. The van der Waals surface area contributed by atoms with Crippen molar-refractivity contribution in [3.63, 3.8) is 0 Å². The number of nitrogens with zero attached hydrogens (tertiary/aromatic N) is 1. The van der Waals surface area contributed by atoms with Gasteiger partial charge in [0.1, 0.15) is 5.60 Å². The van der Waals surface area contributed by atoms with Crippen LogP contribution < -0.4 is 0 Å². The number of carbonyl (C=O) groups is 2. The summed E-state index contributed by atoms with van der Waals surface area (Å²) in [6.45, 7) is 13.0. The van der Waals surface area contributed by atoms with Crippen molar-refractivity contribution in [1.82, 2.24) is 4.90 Å². The first kappa shape index (κ1) is 22.4. The van der Waals surface area contributed by atoms with Crippen molar-refractivity contribution in [1.29, 1.82) is 0 Å². The summed E-state index contributed by atoms with van der Waals surface area (Å²) in [7, 11) is 0. The molecule has 0 bridgehead atoms. The molecular formula is C23H39NO5. The molecule has 166 valence electrons. The monoisotopic (exact) mass is 409 g/mol. The molecule has 0 aromatic heterocycles. The third kappa shape index (κ3) is 5.44. The van der Waals surface area contributed by atoms with Gasteiger partial charge in [-0.25, -0.2) is 4.79 Å². The number of hydrogen-bond donors (Lipinski definition) is 0.